The summed E-state index contributed by atoms with van der Waals surface area (Å²) in [4.78, 5) is 12.0. The van der Waals surface area contributed by atoms with Crippen LogP contribution in [-0.2, 0) is 4.79 Å². The van der Waals surface area contributed by atoms with Crippen LogP contribution < -0.4 is 11.1 Å². The first-order valence-corrected chi connectivity index (χ1v) is 6.20. The van der Waals surface area contributed by atoms with Crippen molar-refractivity contribution in [2.75, 3.05) is 11.9 Å². The van der Waals surface area contributed by atoms with E-state index >= 15 is 0 Å². The molecule has 102 valence electrons. The van der Waals surface area contributed by atoms with Gasteiger partial charge in [-0.25, -0.2) is 4.39 Å². The third-order valence-electron chi connectivity index (χ3n) is 3.05. The van der Waals surface area contributed by atoms with Gasteiger partial charge in [-0.05, 0) is 24.6 Å². The second-order valence-electron chi connectivity index (χ2n) is 4.89. The van der Waals surface area contributed by atoms with Crippen molar-refractivity contribution in [3.63, 3.8) is 0 Å². The third kappa shape index (κ3) is 4.08. The van der Waals surface area contributed by atoms with Gasteiger partial charge in [0.05, 0.1) is 12.2 Å². The van der Waals surface area contributed by atoms with E-state index in [0.717, 1.165) is 0 Å². The second-order valence-corrected chi connectivity index (χ2v) is 4.89. The molecule has 0 spiro atoms. The normalized spacial score (nSPS) is 10.6. The highest BCUT2D eigenvalue weighted by Crippen LogP contribution is 2.23. The summed E-state index contributed by atoms with van der Waals surface area (Å²) < 4.78 is 13.8. The molecule has 0 unspecified atom stereocenters. The Balaban J connectivity index is 2.89. The van der Waals surface area contributed by atoms with Crippen molar-refractivity contribution in [2.45, 2.75) is 27.2 Å². The minimum Gasteiger partial charge on any atom is -0.323 e. The number of amides is 1. The lowest BCUT2D eigenvalue weighted by atomic mass is 9.89. The average molecular weight is 262 g/mol. The van der Waals surface area contributed by atoms with Crippen LogP contribution in [0.2, 0.25) is 0 Å². The fraction of sp³-hybridized carbons (Fsp3) is 0.400. The van der Waals surface area contributed by atoms with Crippen molar-refractivity contribution in [3.8, 4) is 11.8 Å². The maximum absolute atomic E-state index is 13.8. The van der Waals surface area contributed by atoms with Crippen molar-refractivity contribution in [2.24, 2.45) is 11.1 Å². The molecule has 0 aliphatic rings. The lowest BCUT2D eigenvalue weighted by molar-refractivity contribution is -0.124. The third-order valence-corrected chi connectivity index (χ3v) is 3.05. The van der Waals surface area contributed by atoms with Crippen LogP contribution in [0, 0.1) is 23.1 Å². The molecule has 0 bridgehead atoms. The van der Waals surface area contributed by atoms with E-state index in [1.807, 2.05) is 20.8 Å². The fourth-order valence-electron chi connectivity index (χ4n) is 1.30. The Kier molecular flexibility index (Phi) is 5.08. The Labute approximate surface area is 113 Å². The molecule has 0 aromatic heterocycles. The molecule has 0 fully saturated rings. The second kappa shape index (κ2) is 6.35. The largest absolute Gasteiger partial charge is 0.323 e. The number of rotatable bonds is 3. The van der Waals surface area contributed by atoms with Crippen LogP contribution in [0.15, 0.2) is 18.2 Å². The molecule has 19 heavy (non-hydrogen) atoms. The Morgan fingerprint density at radius 1 is 1.47 bits per heavy atom. The minimum atomic E-state index is -0.523. The number of benzene rings is 1. The molecule has 0 aliphatic carbocycles. The van der Waals surface area contributed by atoms with E-state index in [4.69, 9.17) is 5.73 Å². The predicted molar refractivity (Wildman–Crippen MR) is 75.0 cm³/mol. The number of hydrogen-bond donors (Lipinski definition) is 2. The molecule has 4 heteroatoms. The van der Waals surface area contributed by atoms with Crippen LogP contribution in [0.5, 0.6) is 0 Å². The summed E-state index contributed by atoms with van der Waals surface area (Å²) in [7, 11) is 0. The zero-order valence-corrected chi connectivity index (χ0v) is 11.5. The topological polar surface area (TPSA) is 55.1 Å². The summed E-state index contributed by atoms with van der Waals surface area (Å²) in [5.74, 6) is 4.69. The summed E-state index contributed by atoms with van der Waals surface area (Å²) >= 11 is 0. The molecule has 1 aromatic rings. The van der Waals surface area contributed by atoms with Gasteiger partial charge < -0.3 is 11.1 Å². The minimum absolute atomic E-state index is 0.171. The Bertz CT molecular complexity index is 527. The number of halogens is 1. The van der Waals surface area contributed by atoms with Gasteiger partial charge in [-0.3, -0.25) is 4.79 Å². The molecule has 0 saturated carbocycles. The van der Waals surface area contributed by atoms with Gasteiger partial charge in [0.2, 0.25) is 5.91 Å². The Morgan fingerprint density at radius 2 is 2.16 bits per heavy atom. The molecule has 0 atom stereocenters. The van der Waals surface area contributed by atoms with Crippen LogP contribution in [0.25, 0.3) is 0 Å². The fourth-order valence-corrected chi connectivity index (χ4v) is 1.30. The van der Waals surface area contributed by atoms with E-state index in [-0.39, 0.29) is 18.1 Å². The molecule has 1 amide bonds. The van der Waals surface area contributed by atoms with Gasteiger partial charge in [-0.15, -0.1) is 0 Å². The molecular formula is C15H19FN2O. The van der Waals surface area contributed by atoms with E-state index in [1.54, 1.807) is 6.07 Å². The highest BCUT2D eigenvalue weighted by Gasteiger charge is 2.25. The number of carbonyl (C=O) groups is 1. The van der Waals surface area contributed by atoms with E-state index in [0.29, 0.717) is 12.0 Å². The molecular weight excluding hydrogens is 243 g/mol. The van der Waals surface area contributed by atoms with Gasteiger partial charge >= 0.3 is 0 Å². The first-order valence-electron chi connectivity index (χ1n) is 6.20. The molecule has 3 nitrogen and oxygen atoms in total. The van der Waals surface area contributed by atoms with Gasteiger partial charge in [0.1, 0.15) is 5.82 Å². The number of nitrogens with one attached hydrogen (secondary N) is 1. The molecule has 0 saturated heterocycles. The van der Waals surface area contributed by atoms with Crippen LogP contribution in [-0.4, -0.2) is 12.5 Å². The number of anilines is 1. The van der Waals surface area contributed by atoms with Crippen LogP contribution in [0.1, 0.15) is 32.8 Å². The summed E-state index contributed by atoms with van der Waals surface area (Å²) in [5, 5.41) is 2.60. The maximum Gasteiger partial charge on any atom is 0.230 e. The predicted octanol–water partition coefficient (Wildman–Crippen LogP) is 2.51. The summed E-state index contributed by atoms with van der Waals surface area (Å²) in [6.07, 6.45) is 0.681. The van der Waals surface area contributed by atoms with Crippen LogP contribution in [0.4, 0.5) is 10.1 Å². The standard InChI is InChI=1S/C15H19FN2O/c1-4-15(2,3)14(19)18-13-8-7-11(6-5-9-17)10-12(13)16/h7-8,10H,4,9,17H2,1-3H3,(H,18,19). The molecule has 1 aromatic carbocycles. The molecule has 1 rings (SSSR count). The van der Waals surface area contributed by atoms with E-state index in [1.165, 1.54) is 12.1 Å². The van der Waals surface area contributed by atoms with Gasteiger partial charge in [0.15, 0.2) is 0 Å². The van der Waals surface area contributed by atoms with Crippen molar-refractivity contribution >= 4 is 11.6 Å². The smallest absolute Gasteiger partial charge is 0.230 e. The lowest BCUT2D eigenvalue weighted by Gasteiger charge is -2.21. The summed E-state index contributed by atoms with van der Waals surface area (Å²) in [6.45, 7) is 5.79. The molecule has 3 N–H and O–H groups in total. The average Bonchev–Trinajstić information content (AvgIpc) is 2.39. The van der Waals surface area contributed by atoms with Crippen LogP contribution in [0.3, 0.4) is 0 Å². The maximum atomic E-state index is 13.8. The molecule has 0 aliphatic heterocycles. The SMILES string of the molecule is CCC(C)(C)C(=O)Nc1ccc(C#CCN)cc1F. The van der Waals surface area contributed by atoms with Crippen LogP contribution >= 0.6 is 0 Å². The first kappa shape index (κ1) is 15.2. The highest BCUT2D eigenvalue weighted by molar-refractivity contribution is 5.94. The Morgan fingerprint density at radius 3 is 2.68 bits per heavy atom. The van der Waals surface area contributed by atoms with E-state index in [9.17, 15) is 9.18 Å². The number of nitrogens with two attached hydrogens (primary N) is 1. The Hall–Kier alpha value is -1.86. The molecule has 0 heterocycles. The number of hydrogen-bond acceptors (Lipinski definition) is 2. The van der Waals surface area contributed by atoms with Crippen molar-refractivity contribution < 1.29 is 9.18 Å². The van der Waals surface area contributed by atoms with Crippen molar-refractivity contribution in [1.29, 1.82) is 0 Å². The lowest BCUT2D eigenvalue weighted by Crippen LogP contribution is -2.30. The zero-order chi connectivity index (χ0) is 14.5. The molecule has 0 radical (unpaired) electrons. The van der Waals surface area contributed by atoms with Crippen molar-refractivity contribution in [3.05, 3.63) is 29.6 Å². The van der Waals surface area contributed by atoms with Gasteiger partial charge in [0.25, 0.3) is 0 Å². The first-order chi connectivity index (χ1) is 8.90. The number of carbonyl (C=O) groups excluding carboxylic acids is 1. The van der Waals surface area contributed by atoms with Gasteiger partial charge in [-0.2, -0.15) is 0 Å². The monoisotopic (exact) mass is 262 g/mol. The summed E-state index contributed by atoms with van der Waals surface area (Å²) in [6, 6.07) is 4.46. The zero-order valence-electron chi connectivity index (χ0n) is 11.5. The summed E-state index contributed by atoms with van der Waals surface area (Å²) in [5.41, 5.74) is 5.43. The van der Waals surface area contributed by atoms with Crippen molar-refractivity contribution in [1.82, 2.24) is 0 Å². The van der Waals surface area contributed by atoms with Gasteiger partial charge in [-0.1, -0.05) is 32.6 Å². The highest BCUT2D eigenvalue weighted by atomic mass is 19.1. The van der Waals surface area contributed by atoms with Gasteiger partial charge in [0, 0.05) is 11.0 Å². The van der Waals surface area contributed by atoms with E-state index in [2.05, 4.69) is 17.2 Å². The van der Waals surface area contributed by atoms with E-state index < -0.39 is 11.2 Å². The quantitative estimate of drug-likeness (QED) is 0.822.